The van der Waals surface area contributed by atoms with Gasteiger partial charge in [0.05, 0.1) is 12.3 Å². The van der Waals surface area contributed by atoms with E-state index in [1.54, 1.807) is 18.2 Å². The molecule has 0 aliphatic rings. The highest BCUT2D eigenvalue weighted by Crippen LogP contribution is 2.35. The summed E-state index contributed by atoms with van der Waals surface area (Å²) in [4.78, 5) is 3.86. The van der Waals surface area contributed by atoms with Gasteiger partial charge in [0.2, 0.25) is 0 Å². The van der Waals surface area contributed by atoms with E-state index >= 15 is 0 Å². The smallest absolute Gasteiger partial charge is 0.367 e. The first-order valence-corrected chi connectivity index (χ1v) is 11.8. The van der Waals surface area contributed by atoms with Crippen LogP contribution in [-0.4, -0.2) is 56.9 Å². The van der Waals surface area contributed by atoms with Crippen LogP contribution in [0, 0.1) is 0 Å². The summed E-state index contributed by atoms with van der Waals surface area (Å²) in [5.74, 6) is 0.485. The van der Waals surface area contributed by atoms with Crippen molar-refractivity contribution in [3.63, 3.8) is 0 Å². The molecule has 0 bridgehead atoms. The molecule has 186 valence electrons. The molecule has 1 aromatic carbocycles. The Kier molecular flexibility index (Phi) is 7.95. The van der Waals surface area contributed by atoms with E-state index < -0.39 is 39.3 Å². The lowest BCUT2D eigenvalue weighted by atomic mass is 9.87. The SMILES string of the molecule is CO[C@](CF)(CO[PH](=O)Oc1ccc(C(C)(C)C)cc1)[C@@H](O)[C@@H](O)c1ccc2c(N)ncnn12. The van der Waals surface area contributed by atoms with Crippen molar-refractivity contribution >= 4 is 19.6 Å². The molecule has 3 aromatic rings. The number of rotatable bonds is 10. The van der Waals surface area contributed by atoms with Crippen LogP contribution in [0.25, 0.3) is 5.52 Å². The zero-order valence-corrected chi connectivity index (χ0v) is 20.4. The summed E-state index contributed by atoms with van der Waals surface area (Å²) < 4.78 is 43.5. The highest BCUT2D eigenvalue weighted by Gasteiger charge is 2.45. The lowest BCUT2D eigenvalue weighted by molar-refractivity contribution is -0.169. The van der Waals surface area contributed by atoms with Gasteiger partial charge in [-0.3, -0.25) is 4.52 Å². The second-order valence-electron chi connectivity index (χ2n) is 8.91. The van der Waals surface area contributed by atoms with Gasteiger partial charge in [-0.25, -0.2) is 18.5 Å². The number of alkyl halides is 1. The third kappa shape index (κ3) is 5.39. The lowest BCUT2D eigenvalue weighted by Crippen LogP contribution is -2.52. The molecule has 0 radical (unpaired) electrons. The molecule has 0 aliphatic carbocycles. The van der Waals surface area contributed by atoms with Crippen LogP contribution in [0.2, 0.25) is 0 Å². The number of methoxy groups -OCH3 is 1. The van der Waals surface area contributed by atoms with Crippen molar-refractivity contribution < 1.29 is 33.0 Å². The van der Waals surface area contributed by atoms with Crippen LogP contribution in [0.3, 0.4) is 0 Å². The topological polar surface area (TPSA) is 141 Å². The molecule has 4 N–H and O–H groups in total. The number of nitrogens with zero attached hydrogens (tertiary/aromatic N) is 3. The maximum absolute atomic E-state index is 14.1. The van der Waals surface area contributed by atoms with Crippen LogP contribution >= 0.6 is 8.25 Å². The van der Waals surface area contributed by atoms with Crippen molar-refractivity contribution in [2.45, 2.75) is 44.0 Å². The third-order valence-corrected chi connectivity index (χ3v) is 6.42. The van der Waals surface area contributed by atoms with Gasteiger partial charge < -0.3 is 25.2 Å². The van der Waals surface area contributed by atoms with Crippen LogP contribution in [-0.2, 0) is 19.2 Å². The van der Waals surface area contributed by atoms with Crippen molar-refractivity contribution in [3.05, 3.63) is 54.0 Å². The molecule has 3 rings (SSSR count). The number of anilines is 1. The van der Waals surface area contributed by atoms with Crippen LogP contribution in [0.1, 0.15) is 38.1 Å². The van der Waals surface area contributed by atoms with Crippen LogP contribution in [0.4, 0.5) is 10.2 Å². The summed E-state index contributed by atoms with van der Waals surface area (Å²) in [5.41, 5.74) is 5.31. The quantitative estimate of drug-likeness (QED) is 0.361. The van der Waals surface area contributed by atoms with Crippen LogP contribution in [0.5, 0.6) is 5.75 Å². The molecular weight excluding hydrogens is 466 g/mol. The number of hydrogen-bond acceptors (Lipinski definition) is 9. The fraction of sp³-hybridized carbons (Fsp3) is 0.455. The maximum Gasteiger partial charge on any atom is 0.367 e. The van der Waals surface area contributed by atoms with E-state index in [1.807, 2.05) is 12.1 Å². The molecule has 2 aromatic heterocycles. The molecule has 34 heavy (non-hydrogen) atoms. The Balaban J connectivity index is 1.71. The first kappa shape index (κ1) is 26.1. The molecule has 10 nitrogen and oxygen atoms in total. The largest absolute Gasteiger partial charge is 0.426 e. The first-order chi connectivity index (χ1) is 16.0. The summed E-state index contributed by atoms with van der Waals surface area (Å²) in [6.07, 6.45) is -2.26. The molecule has 0 spiro atoms. The molecule has 0 amide bonds. The van der Waals surface area contributed by atoms with Crippen molar-refractivity contribution in [2.24, 2.45) is 0 Å². The van der Waals surface area contributed by atoms with E-state index in [1.165, 1.54) is 16.9 Å². The number of nitrogen functional groups attached to an aromatic ring is 1. The van der Waals surface area contributed by atoms with E-state index in [-0.39, 0.29) is 16.9 Å². The maximum atomic E-state index is 14.1. The fourth-order valence-corrected chi connectivity index (χ4v) is 4.16. The number of aromatic nitrogens is 3. The second-order valence-corrected chi connectivity index (χ2v) is 9.90. The summed E-state index contributed by atoms with van der Waals surface area (Å²) in [5, 5.41) is 25.6. The molecule has 0 fully saturated rings. The predicted octanol–water partition coefficient (Wildman–Crippen LogP) is 2.84. The number of aliphatic hydroxyl groups is 2. The highest BCUT2D eigenvalue weighted by molar-refractivity contribution is 7.33. The normalized spacial score (nSPS) is 16.7. The average Bonchev–Trinajstić information content (AvgIpc) is 3.24. The second kappa shape index (κ2) is 10.4. The number of aliphatic hydroxyl groups excluding tert-OH is 2. The molecular formula is C22H30FN4O6P. The van der Waals surface area contributed by atoms with E-state index in [9.17, 15) is 19.2 Å². The minimum atomic E-state index is -3.13. The van der Waals surface area contributed by atoms with E-state index in [4.69, 9.17) is 19.5 Å². The van der Waals surface area contributed by atoms with E-state index in [0.29, 0.717) is 11.3 Å². The van der Waals surface area contributed by atoms with Gasteiger partial charge in [-0.15, -0.1) is 0 Å². The Morgan fingerprint density at radius 1 is 1.18 bits per heavy atom. The van der Waals surface area contributed by atoms with Gasteiger partial charge in [-0.05, 0) is 35.2 Å². The minimum absolute atomic E-state index is 0.0560. The van der Waals surface area contributed by atoms with Crippen LogP contribution < -0.4 is 10.3 Å². The molecule has 0 saturated carbocycles. The minimum Gasteiger partial charge on any atom is -0.426 e. The summed E-state index contributed by atoms with van der Waals surface area (Å²) in [6.45, 7) is 4.31. The molecule has 2 heterocycles. The number of benzene rings is 1. The number of halogens is 1. The zero-order chi connectivity index (χ0) is 25.1. The van der Waals surface area contributed by atoms with Gasteiger partial charge >= 0.3 is 8.25 Å². The van der Waals surface area contributed by atoms with Crippen molar-refractivity contribution in [1.29, 1.82) is 0 Å². The lowest BCUT2D eigenvalue weighted by Gasteiger charge is -2.36. The monoisotopic (exact) mass is 496 g/mol. The van der Waals surface area contributed by atoms with Gasteiger partial charge in [0.15, 0.2) is 5.82 Å². The zero-order valence-electron chi connectivity index (χ0n) is 19.4. The van der Waals surface area contributed by atoms with Crippen molar-refractivity contribution in [3.8, 4) is 5.75 Å². The predicted molar refractivity (Wildman–Crippen MR) is 125 cm³/mol. The average molecular weight is 496 g/mol. The van der Waals surface area contributed by atoms with Crippen molar-refractivity contribution in [2.75, 3.05) is 26.1 Å². The molecule has 0 saturated heterocycles. The van der Waals surface area contributed by atoms with Crippen LogP contribution in [0.15, 0.2) is 42.7 Å². The Hall–Kier alpha value is -2.56. The fourth-order valence-electron chi connectivity index (χ4n) is 3.41. The number of fused-ring (bicyclic) bond motifs is 1. The molecule has 0 aliphatic heterocycles. The first-order valence-electron chi connectivity index (χ1n) is 10.5. The summed E-state index contributed by atoms with van der Waals surface area (Å²) in [7, 11) is -1.97. The molecule has 12 heteroatoms. The third-order valence-electron chi connectivity index (χ3n) is 5.64. The summed E-state index contributed by atoms with van der Waals surface area (Å²) >= 11 is 0. The van der Waals surface area contributed by atoms with Gasteiger partial charge in [0.1, 0.15) is 42.1 Å². The molecule has 4 atom stereocenters. The number of nitrogens with two attached hydrogens (primary N) is 1. The standard InChI is InChI=1S/C22H30FN4O6P/c1-21(2,3)14-5-7-15(8-6-14)33-34(30)32-12-22(11-23,31-4)19(29)18(28)16-9-10-17-20(24)25-13-26-27(16)17/h5-10,13,18-19,28-29,34H,11-12H2,1-4H3,(H2,24,25,26)/t18-,19-,22+/m0/s1. The Bertz CT molecular complexity index is 1130. The van der Waals surface area contributed by atoms with Crippen molar-refractivity contribution in [1.82, 2.24) is 14.6 Å². The van der Waals surface area contributed by atoms with E-state index in [2.05, 4.69) is 30.9 Å². The summed E-state index contributed by atoms with van der Waals surface area (Å²) in [6, 6.07) is 10.1. The van der Waals surface area contributed by atoms with Gasteiger partial charge in [-0.2, -0.15) is 5.10 Å². The Morgan fingerprint density at radius 3 is 2.44 bits per heavy atom. The Morgan fingerprint density at radius 2 is 1.85 bits per heavy atom. The Labute approximate surface area is 197 Å². The van der Waals surface area contributed by atoms with E-state index in [0.717, 1.165) is 12.7 Å². The number of ether oxygens (including phenoxy) is 1. The van der Waals surface area contributed by atoms with Gasteiger partial charge in [0, 0.05) is 7.11 Å². The highest BCUT2D eigenvalue weighted by atomic mass is 31.1. The molecule has 1 unspecified atom stereocenters. The van der Waals surface area contributed by atoms with Gasteiger partial charge in [0.25, 0.3) is 0 Å². The number of hydrogen-bond donors (Lipinski definition) is 3. The van der Waals surface area contributed by atoms with Gasteiger partial charge in [-0.1, -0.05) is 32.9 Å².